The highest BCUT2D eigenvalue weighted by Crippen LogP contribution is 2.37. The van der Waals surface area contributed by atoms with E-state index in [1.165, 1.54) is 11.0 Å². The number of sulfone groups is 1. The summed E-state index contributed by atoms with van der Waals surface area (Å²) in [4.78, 5) is 21.5. The summed E-state index contributed by atoms with van der Waals surface area (Å²) in [7, 11) is -3.94. The number of carbonyl (C=O) groups is 1. The third-order valence-corrected chi connectivity index (χ3v) is 9.61. The predicted octanol–water partition coefficient (Wildman–Crippen LogP) is 5.45. The fourth-order valence-corrected chi connectivity index (χ4v) is 6.85. The normalized spacial score (nSPS) is 18.3. The Hall–Kier alpha value is -2.95. The molecule has 5 rings (SSSR count). The first-order valence-corrected chi connectivity index (χ1v) is 14.8. The highest BCUT2D eigenvalue weighted by molar-refractivity contribution is 8.26. The number of piperidine rings is 1. The summed E-state index contributed by atoms with van der Waals surface area (Å²) >= 11 is 6.62. The van der Waals surface area contributed by atoms with Crippen LogP contribution in [0.4, 0.5) is 5.88 Å². The van der Waals surface area contributed by atoms with Gasteiger partial charge in [0.15, 0.2) is 0 Å². The van der Waals surface area contributed by atoms with Gasteiger partial charge >= 0.3 is 0 Å². The molecule has 0 spiro atoms. The Kier molecular flexibility index (Phi) is 7.24. The molecule has 2 aromatic carbocycles. The lowest BCUT2D eigenvalue weighted by molar-refractivity contribution is -0.122. The highest BCUT2D eigenvalue weighted by atomic mass is 32.2. The van der Waals surface area contributed by atoms with Crippen molar-refractivity contribution in [2.24, 2.45) is 5.92 Å². The van der Waals surface area contributed by atoms with Gasteiger partial charge in [0, 0.05) is 19.2 Å². The van der Waals surface area contributed by atoms with Gasteiger partial charge in [-0.15, -0.1) is 0 Å². The molecule has 2 fully saturated rings. The Labute approximate surface area is 226 Å². The molecular weight excluding hydrogens is 527 g/mol. The van der Waals surface area contributed by atoms with E-state index in [9.17, 15) is 13.2 Å². The topological polar surface area (TPSA) is 83.7 Å². The van der Waals surface area contributed by atoms with Crippen LogP contribution in [-0.4, -0.2) is 41.6 Å². The van der Waals surface area contributed by atoms with Crippen molar-refractivity contribution in [1.82, 2.24) is 9.88 Å². The van der Waals surface area contributed by atoms with E-state index in [-0.39, 0.29) is 27.6 Å². The number of benzene rings is 2. The lowest BCUT2D eigenvalue weighted by Gasteiger charge is -2.30. The van der Waals surface area contributed by atoms with Crippen LogP contribution in [0.1, 0.15) is 36.8 Å². The van der Waals surface area contributed by atoms with Crippen LogP contribution < -0.4 is 4.90 Å². The van der Waals surface area contributed by atoms with Crippen LogP contribution in [0, 0.1) is 12.8 Å². The van der Waals surface area contributed by atoms with E-state index in [0.717, 1.165) is 35.7 Å². The van der Waals surface area contributed by atoms with E-state index in [2.05, 4.69) is 11.9 Å². The molecule has 0 saturated carbocycles. The molecule has 0 atom stereocenters. The number of carbonyl (C=O) groups excluding carboxylic acids is 1. The number of aryl methyl sites for hydroxylation is 1. The van der Waals surface area contributed by atoms with E-state index in [1.54, 1.807) is 24.3 Å². The molecule has 192 valence electrons. The van der Waals surface area contributed by atoms with Crippen molar-refractivity contribution in [2.75, 3.05) is 18.0 Å². The Morgan fingerprint density at radius 1 is 1.11 bits per heavy atom. The van der Waals surface area contributed by atoms with E-state index >= 15 is 0 Å². The highest BCUT2D eigenvalue weighted by Gasteiger charge is 2.35. The van der Waals surface area contributed by atoms with Gasteiger partial charge in [-0.3, -0.25) is 9.69 Å². The summed E-state index contributed by atoms with van der Waals surface area (Å²) in [5, 5.41) is -0.128. The van der Waals surface area contributed by atoms with E-state index < -0.39 is 9.84 Å². The second-order valence-electron chi connectivity index (χ2n) is 9.40. The van der Waals surface area contributed by atoms with Crippen LogP contribution in [0.25, 0.3) is 6.08 Å². The Morgan fingerprint density at radius 2 is 1.78 bits per heavy atom. The zero-order valence-corrected chi connectivity index (χ0v) is 23.0. The van der Waals surface area contributed by atoms with Gasteiger partial charge in [0.25, 0.3) is 5.91 Å². The van der Waals surface area contributed by atoms with Crippen molar-refractivity contribution >= 4 is 56.0 Å². The minimum atomic E-state index is -3.94. The average Bonchev–Trinajstić information content (AvgIpc) is 3.43. The van der Waals surface area contributed by atoms with Gasteiger partial charge in [0.2, 0.25) is 26.6 Å². The molecule has 1 aromatic heterocycles. The maximum atomic E-state index is 13.6. The maximum absolute atomic E-state index is 13.6. The molecule has 0 bridgehead atoms. The second-order valence-corrected chi connectivity index (χ2v) is 12.9. The molecule has 3 heterocycles. The maximum Gasteiger partial charge on any atom is 0.266 e. The van der Waals surface area contributed by atoms with Gasteiger partial charge in [-0.05, 0) is 43.4 Å². The van der Waals surface area contributed by atoms with Crippen LogP contribution >= 0.6 is 24.0 Å². The van der Waals surface area contributed by atoms with Gasteiger partial charge in [0.05, 0.1) is 16.3 Å². The fourth-order valence-electron chi connectivity index (χ4n) is 4.31. The molecule has 37 heavy (non-hydrogen) atoms. The summed E-state index contributed by atoms with van der Waals surface area (Å²) in [5.74, 6) is 0.591. The number of nitrogens with zero attached hydrogens (tertiary/aromatic N) is 3. The number of thioether (sulfide) groups is 1. The standard InChI is InChI=1S/C27H27N3O4S3/c1-18-8-10-21(11-9-18)37(32,33)24-26(29-14-12-19(2)13-15-29)34-23(28-24)16-22-25(31)30(27(35)36-22)17-20-6-4-3-5-7-20/h3-11,16,19H,12-15,17H2,1-2H3. The quantitative estimate of drug-likeness (QED) is 0.294. The van der Waals surface area contributed by atoms with Crippen molar-refractivity contribution in [2.45, 2.75) is 43.2 Å². The van der Waals surface area contributed by atoms with Gasteiger partial charge < -0.3 is 9.32 Å². The van der Waals surface area contributed by atoms with E-state index in [4.69, 9.17) is 16.6 Å². The smallest absolute Gasteiger partial charge is 0.266 e. The summed E-state index contributed by atoms with van der Waals surface area (Å²) in [5.41, 5.74) is 1.92. The third-order valence-electron chi connectivity index (χ3n) is 6.56. The number of aromatic nitrogens is 1. The first kappa shape index (κ1) is 25.7. The van der Waals surface area contributed by atoms with Crippen LogP contribution in [0.15, 0.2) is 73.8 Å². The third kappa shape index (κ3) is 5.37. The summed E-state index contributed by atoms with van der Waals surface area (Å²) in [6.45, 7) is 5.79. The SMILES string of the molecule is Cc1ccc(S(=O)(=O)c2nc(C=C3SC(=S)N(Cc4ccccc4)C3=O)oc2N2CCC(C)CC2)cc1. The monoisotopic (exact) mass is 553 g/mol. The molecule has 0 unspecified atom stereocenters. The summed E-state index contributed by atoms with van der Waals surface area (Å²) in [6.07, 6.45) is 3.35. The number of rotatable bonds is 6. The van der Waals surface area contributed by atoms with Gasteiger partial charge in [0.1, 0.15) is 4.32 Å². The molecular formula is C27H27N3O4S3. The lowest BCUT2D eigenvalue weighted by atomic mass is 9.99. The van der Waals surface area contributed by atoms with Gasteiger partial charge in [-0.25, -0.2) is 8.42 Å². The summed E-state index contributed by atoms with van der Waals surface area (Å²) < 4.78 is 33.7. The average molecular weight is 554 g/mol. The Balaban J connectivity index is 1.50. The molecule has 3 aromatic rings. The van der Waals surface area contributed by atoms with E-state index in [0.29, 0.717) is 34.8 Å². The first-order valence-electron chi connectivity index (χ1n) is 12.1. The van der Waals surface area contributed by atoms with Crippen molar-refractivity contribution in [3.8, 4) is 0 Å². The molecule has 7 nitrogen and oxygen atoms in total. The number of amides is 1. The molecule has 10 heteroatoms. The van der Waals surface area contributed by atoms with E-state index in [1.807, 2.05) is 42.2 Å². The largest absolute Gasteiger partial charge is 0.420 e. The van der Waals surface area contributed by atoms with Crippen LogP contribution in [0.2, 0.25) is 0 Å². The van der Waals surface area contributed by atoms with Gasteiger partial charge in [-0.1, -0.05) is 78.9 Å². The predicted molar refractivity (Wildman–Crippen MR) is 149 cm³/mol. The molecule has 0 aliphatic carbocycles. The number of oxazole rings is 1. The molecule has 2 saturated heterocycles. The minimum Gasteiger partial charge on any atom is -0.420 e. The van der Waals surface area contributed by atoms with Crippen LogP contribution in [-0.2, 0) is 21.2 Å². The van der Waals surface area contributed by atoms with Gasteiger partial charge in [-0.2, -0.15) is 4.98 Å². The Morgan fingerprint density at radius 3 is 2.46 bits per heavy atom. The number of thiocarbonyl (C=S) groups is 1. The molecule has 0 radical (unpaired) electrons. The van der Waals surface area contributed by atoms with Crippen molar-refractivity contribution in [3.05, 3.63) is 76.5 Å². The van der Waals surface area contributed by atoms with Crippen molar-refractivity contribution in [3.63, 3.8) is 0 Å². The molecule has 2 aliphatic rings. The zero-order valence-electron chi connectivity index (χ0n) is 20.6. The van der Waals surface area contributed by atoms with Crippen molar-refractivity contribution in [1.29, 1.82) is 0 Å². The molecule has 1 amide bonds. The molecule has 2 aliphatic heterocycles. The second kappa shape index (κ2) is 10.4. The number of anilines is 1. The number of hydrogen-bond donors (Lipinski definition) is 0. The Bertz CT molecular complexity index is 1460. The lowest BCUT2D eigenvalue weighted by Crippen LogP contribution is -2.33. The number of hydrogen-bond acceptors (Lipinski definition) is 8. The minimum absolute atomic E-state index is 0.0690. The van der Waals surface area contributed by atoms with Crippen LogP contribution in [0.5, 0.6) is 0 Å². The first-order chi connectivity index (χ1) is 17.7. The van der Waals surface area contributed by atoms with Crippen molar-refractivity contribution < 1.29 is 17.6 Å². The zero-order chi connectivity index (χ0) is 26.2. The fraction of sp³-hybridized carbons (Fsp3) is 0.296. The molecule has 0 N–H and O–H groups in total. The summed E-state index contributed by atoms with van der Waals surface area (Å²) in [6, 6.07) is 16.3. The van der Waals surface area contributed by atoms with Crippen LogP contribution in [0.3, 0.4) is 0 Å².